The number of nitrogens with zero attached hydrogens (tertiary/aromatic N) is 2. The van der Waals surface area contributed by atoms with Crippen molar-refractivity contribution in [3.05, 3.63) is 101 Å². The molecular formula is C37H46N6O4. The summed E-state index contributed by atoms with van der Waals surface area (Å²) in [5, 5.41) is 13.1. The zero-order valence-electron chi connectivity index (χ0n) is 28.5. The predicted molar refractivity (Wildman–Crippen MR) is 187 cm³/mol. The Morgan fingerprint density at radius 3 is 1.98 bits per heavy atom. The number of ether oxygens (including phenoxy) is 2. The highest BCUT2D eigenvalue weighted by molar-refractivity contribution is 5.99. The smallest absolute Gasteiger partial charge is 0.272 e. The van der Waals surface area contributed by atoms with Gasteiger partial charge in [0.15, 0.2) is 5.69 Å². The first-order valence-corrected chi connectivity index (χ1v) is 15.7. The van der Waals surface area contributed by atoms with Crippen LogP contribution in [0, 0.1) is 19.3 Å². The van der Waals surface area contributed by atoms with E-state index in [1.54, 1.807) is 20.4 Å². The third-order valence-electron chi connectivity index (χ3n) is 7.83. The van der Waals surface area contributed by atoms with Gasteiger partial charge in [0.25, 0.3) is 5.91 Å². The normalized spacial score (nSPS) is 11.9. The standard InChI is InChI=1S/C37H46N6O4/c1-23-19-24(2)40-33(20-23)42-31-21-28(41-32(37(4,5)6)17-18-38-25(3)44)22-39-35(31)36(45)43-34(26-9-13-29(46-7)14-10-26)27-11-15-30(47-8)16-12-27/h9-16,19-22,32,34,41H,17-18H2,1-8H3,(H,38,44)(H,40,42)(H,43,45). The maximum atomic E-state index is 14.1. The number of nitrogens with one attached hydrogen (secondary N) is 4. The van der Waals surface area contributed by atoms with Crippen LogP contribution in [0.5, 0.6) is 11.5 Å². The predicted octanol–water partition coefficient (Wildman–Crippen LogP) is 6.73. The van der Waals surface area contributed by atoms with Crippen molar-refractivity contribution < 1.29 is 19.1 Å². The van der Waals surface area contributed by atoms with E-state index in [0.717, 1.165) is 39.6 Å². The lowest BCUT2D eigenvalue weighted by Gasteiger charge is -2.32. The molecule has 10 nitrogen and oxygen atoms in total. The average Bonchev–Trinajstić information content (AvgIpc) is 3.02. The summed E-state index contributed by atoms with van der Waals surface area (Å²) in [4.78, 5) is 35.0. The van der Waals surface area contributed by atoms with E-state index < -0.39 is 6.04 Å². The summed E-state index contributed by atoms with van der Waals surface area (Å²) in [5.41, 5.74) is 4.97. The van der Waals surface area contributed by atoms with Gasteiger partial charge in [0.05, 0.1) is 37.8 Å². The third kappa shape index (κ3) is 9.68. The summed E-state index contributed by atoms with van der Waals surface area (Å²) in [7, 11) is 3.24. The van der Waals surface area contributed by atoms with Crippen LogP contribution in [-0.4, -0.2) is 48.6 Å². The second-order valence-electron chi connectivity index (χ2n) is 12.7. The second-order valence-corrected chi connectivity index (χ2v) is 12.7. The number of hydrogen-bond acceptors (Lipinski definition) is 8. The number of benzene rings is 2. The number of carbonyl (C=O) groups excluding carboxylic acids is 2. The van der Waals surface area contributed by atoms with Crippen LogP contribution in [-0.2, 0) is 4.79 Å². The SMILES string of the molecule is COc1ccc(C(NC(=O)c2ncc(NC(CCNC(C)=O)C(C)(C)C)cc2Nc2cc(C)cc(C)n2)c2ccc(OC)cc2)cc1. The fraction of sp³-hybridized carbons (Fsp3) is 0.351. The Bertz CT molecular complexity index is 1600. The molecule has 10 heteroatoms. The molecule has 0 aliphatic rings. The topological polar surface area (TPSA) is 126 Å². The van der Waals surface area contributed by atoms with Crippen LogP contribution >= 0.6 is 0 Å². The summed E-state index contributed by atoms with van der Waals surface area (Å²) < 4.78 is 10.7. The molecule has 0 aliphatic carbocycles. The van der Waals surface area contributed by atoms with Crippen LogP contribution in [0.3, 0.4) is 0 Å². The van der Waals surface area contributed by atoms with E-state index in [1.807, 2.05) is 80.6 Å². The molecule has 0 fully saturated rings. The van der Waals surface area contributed by atoms with Gasteiger partial charge in [0.2, 0.25) is 5.91 Å². The van der Waals surface area contributed by atoms with Crippen LogP contribution in [0.15, 0.2) is 72.9 Å². The highest BCUT2D eigenvalue weighted by atomic mass is 16.5. The lowest BCUT2D eigenvalue weighted by atomic mass is 9.84. The van der Waals surface area contributed by atoms with E-state index in [9.17, 15) is 9.59 Å². The summed E-state index contributed by atoms with van der Waals surface area (Å²) in [6.45, 7) is 12.4. The minimum atomic E-state index is -0.481. The lowest BCUT2D eigenvalue weighted by Crippen LogP contribution is -2.37. The first-order chi connectivity index (χ1) is 22.4. The number of methoxy groups -OCH3 is 2. The van der Waals surface area contributed by atoms with Crippen molar-refractivity contribution in [2.75, 3.05) is 31.4 Å². The van der Waals surface area contributed by atoms with Gasteiger partial charge in [-0.1, -0.05) is 45.0 Å². The molecule has 0 aliphatic heterocycles. The van der Waals surface area contributed by atoms with Gasteiger partial charge in [-0.2, -0.15) is 0 Å². The van der Waals surface area contributed by atoms with Gasteiger partial charge in [-0.15, -0.1) is 0 Å². The molecule has 0 spiro atoms. The van der Waals surface area contributed by atoms with Gasteiger partial charge < -0.3 is 30.7 Å². The minimum Gasteiger partial charge on any atom is -0.497 e. The molecule has 4 N–H and O–H groups in total. The number of pyridine rings is 2. The lowest BCUT2D eigenvalue weighted by molar-refractivity contribution is -0.119. The van der Waals surface area contributed by atoms with Crippen molar-refractivity contribution in [1.82, 2.24) is 20.6 Å². The number of rotatable bonds is 13. The fourth-order valence-corrected chi connectivity index (χ4v) is 5.33. The van der Waals surface area contributed by atoms with E-state index in [2.05, 4.69) is 52.0 Å². The van der Waals surface area contributed by atoms with E-state index in [0.29, 0.717) is 24.5 Å². The van der Waals surface area contributed by atoms with Gasteiger partial charge in [-0.05, 0) is 84.8 Å². The van der Waals surface area contributed by atoms with Crippen molar-refractivity contribution in [3.8, 4) is 11.5 Å². The maximum absolute atomic E-state index is 14.1. The first-order valence-electron chi connectivity index (χ1n) is 15.7. The highest BCUT2D eigenvalue weighted by Crippen LogP contribution is 2.30. The van der Waals surface area contributed by atoms with Crippen molar-refractivity contribution in [2.24, 2.45) is 5.41 Å². The molecule has 2 heterocycles. The number of carbonyl (C=O) groups is 2. The average molecular weight is 639 g/mol. The van der Waals surface area contributed by atoms with Crippen molar-refractivity contribution in [1.29, 1.82) is 0 Å². The van der Waals surface area contributed by atoms with Gasteiger partial charge in [0.1, 0.15) is 17.3 Å². The van der Waals surface area contributed by atoms with E-state index in [-0.39, 0.29) is 29.0 Å². The largest absolute Gasteiger partial charge is 0.497 e. The van der Waals surface area contributed by atoms with E-state index in [1.165, 1.54) is 6.92 Å². The van der Waals surface area contributed by atoms with Gasteiger partial charge >= 0.3 is 0 Å². The van der Waals surface area contributed by atoms with Crippen LogP contribution in [0.25, 0.3) is 0 Å². The Balaban J connectivity index is 1.72. The number of aryl methyl sites for hydroxylation is 2. The zero-order valence-corrected chi connectivity index (χ0v) is 28.5. The minimum absolute atomic E-state index is 0.0116. The molecule has 0 bridgehead atoms. The molecule has 0 saturated carbocycles. The number of aromatic nitrogens is 2. The van der Waals surface area contributed by atoms with Gasteiger partial charge in [0, 0.05) is 25.2 Å². The molecule has 2 aromatic heterocycles. The third-order valence-corrected chi connectivity index (χ3v) is 7.83. The summed E-state index contributed by atoms with van der Waals surface area (Å²) in [5.74, 6) is 1.62. The van der Waals surface area contributed by atoms with E-state index in [4.69, 9.17) is 9.47 Å². The maximum Gasteiger partial charge on any atom is 0.272 e. The molecule has 2 aromatic carbocycles. The molecule has 0 radical (unpaired) electrons. The summed E-state index contributed by atoms with van der Waals surface area (Å²) in [6, 6.07) is 20.5. The number of amides is 2. The van der Waals surface area contributed by atoms with Crippen LogP contribution in [0.4, 0.5) is 17.2 Å². The molecule has 0 saturated heterocycles. The second kappa shape index (κ2) is 15.4. The zero-order chi connectivity index (χ0) is 34.1. The quantitative estimate of drug-likeness (QED) is 0.127. The number of hydrogen-bond donors (Lipinski definition) is 4. The van der Waals surface area contributed by atoms with Crippen LogP contribution in [0.2, 0.25) is 0 Å². The molecule has 1 atom stereocenters. The Morgan fingerprint density at radius 2 is 1.47 bits per heavy atom. The van der Waals surface area contributed by atoms with Crippen molar-refractivity contribution >= 4 is 29.0 Å². The highest BCUT2D eigenvalue weighted by Gasteiger charge is 2.26. The van der Waals surface area contributed by atoms with Crippen molar-refractivity contribution in [2.45, 2.75) is 60.0 Å². The van der Waals surface area contributed by atoms with Crippen LogP contribution < -0.4 is 30.7 Å². The number of anilines is 3. The Hall–Kier alpha value is -5.12. The van der Waals surface area contributed by atoms with Crippen molar-refractivity contribution in [3.63, 3.8) is 0 Å². The molecule has 47 heavy (non-hydrogen) atoms. The monoisotopic (exact) mass is 638 g/mol. The van der Waals surface area contributed by atoms with Gasteiger partial charge in [-0.25, -0.2) is 9.97 Å². The van der Waals surface area contributed by atoms with E-state index >= 15 is 0 Å². The molecule has 4 rings (SSSR count). The summed E-state index contributed by atoms with van der Waals surface area (Å²) >= 11 is 0. The molecular weight excluding hydrogens is 592 g/mol. The molecule has 2 amide bonds. The molecule has 248 valence electrons. The van der Waals surface area contributed by atoms with Crippen LogP contribution in [0.1, 0.15) is 73.0 Å². The summed E-state index contributed by atoms with van der Waals surface area (Å²) in [6.07, 6.45) is 2.38. The first kappa shape index (κ1) is 34.7. The Labute approximate surface area is 277 Å². The Kier molecular flexibility index (Phi) is 11.4. The van der Waals surface area contributed by atoms with Gasteiger partial charge in [-0.3, -0.25) is 9.59 Å². The fourth-order valence-electron chi connectivity index (χ4n) is 5.33. The molecule has 1 unspecified atom stereocenters. The Morgan fingerprint density at radius 1 is 0.872 bits per heavy atom. The molecule has 4 aromatic rings.